The van der Waals surface area contributed by atoms with Gasteiger partial charge in [0.05, 0.1) is 6.61 Å². The second-order valence-corrected chi connectivity index (χ2v) is 6.09. The van der Waals surface area contributed by atoms with E-state index < -0.39 is 6.10 Å². The van der Waals surface area contributed by atoms with Gasteiger partial charge in [0.25, 0.3) is 0 Å². The number of aromatic nitrogens is 2. The molecule has 0 bridgehead atoms. The molecule has 0 radical (unpaired) electrons. The molecule has 8 heteroatoms. The van der Waals surface area contributed by atoms with Gasteiger partial charge in [0.1, 0.15) is 17.7 Å². The minimum atomic E-state index is -0.460. The Bertz CT molecular complexity index is 770. The number of hydrogen-bond donors (Lipinski definition) is 1. The number of ether oxygens (including phenoxy) is 2. The van der Waals surface area contributed by atoms with Crippen LogP contribution in [0, 0.1) is 12.7 Å². The van der Waals surface area contributed by atoms with Gasteiger partial charge in [-0.2, -0.15) is 0 Å². The van der Waals surface area contributed by atoms with Crippen molar-refractivity contribution in [3.63, 3.8) is 0 Å². The highest BCUT2D eigenvalue weighted by Crippen LogP contribution is 2.23. The zero-order valence-electron chi connectivity index (χ0n) is 14.7. The number of rotatable bonds is 5. The van der Waals surface area contributed by atoms with Gasteiger partial charge in [-0.3, -0.25) is 9.69 Å². The first kappa shape index (κ1) is 18.2. The molecule has 0 spiro atoms. The van der Waals surface area contributed by atoms with E-state index in [1.807, 2.05) is 0 Å². The minimum Gasteiger partial charge on any atom is -0.424 e. The highest BCUT2D eigenvalue weighted by atomic mass is 19.1. The maximum atomic E-state index is 13.1. The summed E-state index contributed by atoms with van der Waals surface area (Å²) in [6.07, 6.45) is 2.91. The van der Waals surface area contributed by atoms with E-state index in [0.717, 1.165) is 12.1 Å². The normalized spacial score (nSPS) is 17.7. The van der Waals surface area contributed by atoms with Gasteiger partial charge in [0.2, 0.25) is 5.91 Å². The van der Waals surface area contributed by atoms with E-state index in [1.54, 1.807) is 32.4 Å². The number of nitrogens with one attached hydrogen (secondary N) is 1. The van der Waals surface area contributed by atoms with E-state index in [4.69, 9.17) is 9.47 Å². The topological polar surface area (TPSA) is 76.6 Å². The maximum absolute atomic E-state index is 13.1. The van der Waals surface area contributed by atoms with Crippen molar-refractivity contribution in [2.75, 3.05) is 26.7 Å². The molecular weight excluding hydrogens is 339 g/mol. The Morgan fingerprint density at radius 1 is 1.42 bits per heavy atom. The lowest BCUT2D eigenvalue weighted by atomic mass is 10.2. The Kier molecular flexibility index (Phi) is 5.75. The summed E-state index contributed by atoms with van der Waals surface area (Å²) in [5.41, 5.74) is 1.58. The quantitative estimate of drug-likeness (QED) is 0.874. The Hall–Kier alpha value is -2.58. The van der Waals surface area contributed by atoms with Gasteiger partial charge in [0.15, 0.2) is 0 Å². The predicted octanol–water partition coefficient (Wildman–Crippen LogP) is 1.66. The fraction of sp³-hybridized carbons (Fsp3) is 0.389. The molecule has 0 aliphatic carbocycles. The monoisotopic (exact) mass is 360 g/mol. The Balaban J connectivity index is 1.60. The van der Waals surface area contributed by atoms with Crippen LogP contribution in [0.1, 0.15) is 11.1 Å². The fourth-order valence-corrected chi connectivity index (χ4v) is 2.73. The van der Waals surface area contributed by atoms with Gasteiger partial charge in [-0.25, -0.2) is 14.4 Å². The van der Waals surface area contributed by atoms with E-state index in [-0.39, 0.29) is 17.7 Å². The first-order valence-electron chi connectivity index (χ1n) is 8.35. The molecule has 1 saturated heterocycles. The lowest BCUT2D eigenvalue weighted by Gasteiger charge is -2.31. The number of halogens is 1. The maximum Gasteiger partial charge on any atom is 0.321 e. The van der Waals surface area contributed by atoms with Crippen LogP contribution >= 0.6 is 0 Å². The molecule has 1 aliphatic heterocycles. The summed E-state index contributed by atoms with van der Waals surface area (Å²) in [6.45, 7) is 4.14. The fourth-order valence-electron chi connectivity index (χ4n) is 2.73. The Labute approximate surface area is 151 Å². The van der Waals surface area contributed by atoms with Crippen LogP contribution < -0.4 is 10.1 Å². The van der Waals surface area contributed by atoms with E-state index in [1.165, 1.54) is 12.1 Å². The van der Waals surface area contributed by atoms with Gasteiger partial charge in [0, 0.05) is 44.6 Å². The summed E-state index contributed by atoms with van der Waals surface area (Å²) in [4.78, 5) is 22.2. The van der Waals surface area contributed by atoms with Crippen molar-refractivity contribution in [1.82, 2.24) is 20.2 Å². The molecule has 2 aromatic rings. The van der Waals surface area contributed by atoms with Crippen molar-refractivity contribution in [2.45, 2.75) is 19.6 Å². The largest absolute Gasteiger partial charge is 0.424 e. The van der Waals surface area contributed by atoms with Crippen molar-refractivity contribution >= 4 is 5.91 Å². The second-order valence-electron chi connectivity index (χ2n) is 6.09. The van der Waals surface area contributed by atoms with Crippen molar-refractivity contribution < 1.29 is 18.7 Å². The summed E-state index contributed by atoms with van der Waals surface area (Å²) >= 11 is 0. The molecule has 1 aliphatic rings. The summed E-state index contributed by atoms with van der Waals surface area (Å²) in [6, 6.07) is 4.48. The second kappa shape index (κ2) is 8.20. The third-order valence-electron chi connectivity index (χ3n) is 4.12. The van der Waals surface area contributed by atoms with Crippen molar-refractivity contribution in [2.24, 2.45) is 0 Å². The molecule has 26 heavy (non-hydrogen) atoms. The number of morpholine rings is 1. The molecule has 1 fully saturated rings. The predicted molar refractivity (Wildman–Crippen MR) is 92.3 cm³/mol. The van der Waals surface area contributed by atoms with Gasteiger partial charge in [-0.05, 0) is 30.7 Å². The zero-order chi connectivity index (χ0) is 18.5. The van der Waals surface area contributed by atoms with Crippen LogP contribution in [0.3, 0.4) is 0 Å². The average molecular weight is 360 g/mol. The third-order valence-corrected chi connectivity index (χ3v) is 4.12. The SMILES string of the molecule is CNC(=O)[C@@H]1CN(Cc2cnc(Oc3ccc(F)cc3C)nc2)CCO1. The van der Waals surface area contributed by atoms with E-state index in [0.29, 0.717) is 31.0 Å². The molecule has 0 saturated carbocycles. The van der Waals surface area contributed by atoms with Crippen molar-refractivity contribution in [1.29, 1.82) is 0 Å². The number of nitrogens with zero attached hydrogens (tertiary/aromatic N) is 3. The summed E-state index contributed by atoms with van der Waals surface area (Å²) in [5.74, 6) is 0.0804. The van der Waals surface area contributed by atoms with Crippen molar-refractivity contribution in [3.8, 4) is 11.8 Å². The standard InChI is InChI=1S/C18H21FN4O3/c1-12-7-14(19)3-4-15(12)26-18-21-8-13(9-22-18)10-23-5-6-25-16(11-23)17(24)20-2/h3-4,7-9,16H,5-6,10-11H2,1-2H3,(H,20,24)/t16-/m0/s1. The molecule has 1 atom stereocenters. The molecule has 0 unspecified atom stereocenters. The molecule has 1 aromatic heterocycles. The van der Waals surface area contributed by atoms with Crippen LogP contribution in [-0.2, 0) is 16.1 Å². The number of carbonyl (C=O) groups excluding carboxylic acids is 1. The van der Waals surface area contributed by atoms with E-state index >= 15 is 0 Å². The molecular formula is C18H21FN4O3. The first-order chi connectivity index (χ1) is 12.5. The lowest BCUT2D eigenvalue weighted by molar-refractivity contribution is -0.138. The molecule has 1 N–H and O–H groups in total. The number of amides is 1. The molecule has 2 heterocycles. The number of carbonyl (C=O) groups is 1. The molecule has 138 valence electrons. The van der Waals surface area contributed by atoms with Crippen LogP contribution in [-0.4, -0.2) is 53.6 Å². The molecule has 1 aromatic carbocycles. The summed E-state index contributed by atoms with van der Waals surface area (Å²) in [5, 5.41) is 2.60. The lowest BCUT2D eigenvalue weighted by Crippen LogP contribution is -2.48. The Morgan fingerprint density at radius 2 is 2.19 bits per heavy atom. The third kappa shape index (κ3) is 4.53. The molecule has 3 rings (SSSR count). The van der Waals surface area contributed by atoms with Gasteiger partial charge >= 0.3 is 6.01 Å². The van der Waals surface area contributed by atoms with Crippen LogP contribution in [0.15, 0.2) is 30.6 Å². The van der Waals surface area contributed by atoms with E-state index in [2.05, 4.69) is 20.2 Å². The highest BCUT2D eigenvalue weighted by Gasteiger charge is 2.25. The highest BCUT2D eigenvalue weighted by molar-refractivity contribution is 5.80. The van der Waals surface area contributed by atoms with Gasteiger partial charge in [-0.15, -0.1) is 0 Å². The van der Waals surface area contributed by atoms with Crippen LogP contribution in [0.25, 0.3) is 0 Å². The zero-order valence-corrected chi connectivity index (χ0v) is 14.7. The van der Waals surface area contributed by atoms with Crippen LogP contribution in [0.4, 0.5) is 4.39 Å². The smallest absolute Gasteiger partial charge is 0.321 e. The number of aryl methyl sites for hydroxylation is 1. The van der Waals surface area contributed by atoms with Crippen LogP contribution in [0.5, 0.6) is 11.8 Å². The molecule has 7 nitrogen and oxygen atoms in total. The summed E-state index contributed by atoms with van der Waals surface area (Å²) in [7, 11) is 1.60. The number of hydrogen-bond acceptors (Lipinski definition) is 6. The van der Waals surface area contributed by atoms with Crippen molar-refractivity contribution in [3.05, 3.63) is 47.5 Å². The number of likely N-dealkylation sites (N-methyl/N-ethyl adjacent to an activating group) is 1. The molecule has 1 amide bonds. The summed E-state index contributed by atoms with van der Waals surface area (Å²) < 4.78 is 24.2. The average Bonchev–Trinajstić information content (AvgIpc) is 2.65. The minimum absolute atomic E-state index is 0.121. The van der Waals surface area contributed by atoms with E-state index in [9.17, 15) is 9.18 Å². The van der Waals surface area contributed by atoms with Gasteiger partial charge in [-0.1, -0.05) is 0 Å². The van der Waals surface area contributed by atoms with Crippen LogP contribution in [0.2, 0.25) is 0 Å². The Morgan fingerprint density at radius 3 is 2.88 bits per heavy atom. The number of benzene rings is 1. The first-order valence-corrected chi connectivity index (χ1v) is 8.35. The van der Waals surface area contributed by atoms with Gasteiger partial charge < -0.3 is 14.8 Å².